The number of nitrogens with one attached hydrogen (secondary N) is 4. The zero-order valence-corrected chi connectivity index (χ0v) is 18.9. The second-order valence-electron chi connectivity index (χ2n) is 7.65. The molecule has 0 spiro atoms. The highest BCUT2D eigenvalue weighted by atomic mass is 16.6. The summed E-state index contributed by atoms with van der Waals surface area (Å²) in [5.74, 6) is -2.63. The number of carbonyl (C=O) groups is 4. The number of carbonyl (C=O) groups excluding carboxylic acids is 3. The van der Waals surface area contributed by atoms with E-state index in [1.165, 1.54) is 24.3 Å². The molecule has 1 atom stereocenters. The predicted molar refractivity (Wildman–Crippen MR) is 126 cm³/mol. The number of fused-ring (bicyclic) bond motifs is 1. The van der Waals surface area contributed by atoms with Crippen molar-refractivity contribution in [3.8, 4) is 0 Å². The van der Waals surface area contributed by atoms with Gasteiger partial charge in [0.15, 0.2) is 0 Å². The average molecular weight is 497 g/mol. The number of aromatic nitrogens is 1. The topological polar surface area (TPSA) is 193 Å². The summed E-state index contributed by atoms with van der Waals surface area (Å²) in [6.45, 7) is -1.30. The zero-order valence-electron chi connectivity index (χ0n) is 18.9. The maximum atomic E-state index is 12.6. The van der Waals surface area contributed by atoms with Crippen LogP contribution in [0.1, 0.15) is 11.1 Å². The highest BCUT2D eigenvalue weighted by Gasteiger charge is 2.23. The van der Waals surface area contributed by atoms with Crippen molar-refractivity contribution in [2.75, 3.05) is 13.1 Å². The van der Waals surface area contributed by atoms with Crippen LogP contribution in [0.5, 0.6) is 0 Å². The highest BCUT2D eigenvalue weighted by molar-refractivity contribution is 5.92. The molecule has 5 N–H and O–H groups in total. The minimum atomic E-state index is -1.24. The Kier molecular flexibility index (Phi) is 8.54. The van der Waals surface area contributed by atoms with E-state index < -0.39 is 47.9 Å². The van der Waals surface area contributed by atoms with Crippen molar-refractivity contribution in [1.82, 2.24) is 20.9 Å². The molecule has 3 amide bonds. The van der Waals surface area contributed by atoms with Crippen LogP contribution in [0.25, 0.3) is 10.9 Å². The number of aliphatic carboxylic acids is 1. The lowest BCUT2D eigenvalue weighted by molar-refractivity contribution is -0.384. The largest absolute Gasteiger partial charge is 0.480 e. The number of alkyl carbamates (subject to hydrolysis) is 1. The molecule has 3 aromatic rings. The van der Waals surface area contributed by atoms with Gasteiger partial charge in [0, 0.05) is 35.7 Å². The van der Waals surface area contributed by atoms with E-state index in [-0.39, 0.29) is 18.7 Å². The number of carboxylic acid groups (broad SMARTS) is 1. The molecule has 0 radical (unpaired) electrons. The van der Waals surface area contributed by atoms with Crippen LogP contribution in [0.15, 0.2) is 54.7 Å². The average Bonchev–Trinajstić information content (AvgIpc) is 3.27. The second kappa shape index (κ2) is 12.0. The molecular weight excluding hydrogens is 474 g/mol. The first-order chi connectivity index (χ1) is 17.2. The monoisotopic (exact) mass is 497 g/mol. The molecule has 1 heterocycles. The quantitative estimate of drug-likeness (QED) is 0.193. The Balaban J connectivity index is 1.55. The van der Waals surface area contributed by atoms with Gasteiger partial charge < -0.3 is 30.8 Å². The lowest BCUT2D eigenvalue weighted by atomic mass is 10.0. The number of carboxylic acids is 1. The normalized spacial score (nSPS) is 11.3. The Bertz CT molecular complexity index is 1270. The summed E-state index contributed by atoms with van der Waals surface area (Å²) in [6, 6.07) is 11.7. The number of hydrogen-bond acceptors (Lipinski definition) is 7. The van der Waals surface area contributed by atoms with Crippen molar-refractivity contribution in [2.45, 2.75) is 19.1 Å². The van der Waals surface area contributed by atoms with Crippen LogP contribution in [0.3, 0.4) is 0 Å². The first-order valence-corrected chi connectivity index (χ1v) is 10.7. The number of hydrogen-bond donors (Lipinski definition) is 5. The molecular formula is C23H23N5O8. The van der Waals surface area contributed by atoms with Crippen molar-refractivity contribution < 1.29 is 33.9 Å². The van der Waals surface area contributed by atoms with Gasteiger partial charge in [0.25, 0.3) is 5.69 Å². The molecule has 0 aliphatic carbocycles. The maximum Gasteiger partial charge on any atom is 0.407 e. The summed E-state index contributed by atoms with van der Waals surface area (Å²) in [6.07, 6.45) is 0.862. The number of nitro benzene ring substituents is 1. The van der Waals surface area contributed by atoms with Crippen LogP contribution in [0, 0.1) is 10.1 Å². The van der Waals surface area contributed by atoms with Crippen molar-refractivity contribution in [2.24, 2.45) is 0 Å². The smallest absolute Gasteiger partial charge is 0.407 e. The first-order valence-electron chi connectivity index (χ1n) is 10.7. The summed E-state index contributed by atoms with van der Waals surface area (Å²) < 4.78 is 4.98. The minimum absolute atomic E-state index is 0.0752. The number of nitrogens with zero attached hydrogens (tertiary/aromatic N) is 1. The Morgan fingerprint density at radius 2 is 1.75 bits per heavy atom. The van der Waals surface area contributed by atoms with Crippen LogP contribution in [0.4, 0.5) is 10.5 Å². The van der Waals surface area contributed by atoms with E-state index in [1.807, 2.05) is 24.3 Å². The van der Waals surface area contributed by atoms with E-state index in [9.17, 15) is 29.3 Å². The molecule has 0 unspecified atom stereocenters. The third-order valence-corrected chi connectivity index (χ3v) is 5.07. The number of ether oxygens (including phenoxy) is 1. The van der Waals surface area contributed by atoms with E-state index in [0.717, 1.165) is 16.5 Å². The Morgan fingerprint density at radius 3 is 2.44 bits per heavy atom. The number of benzene rings is 2. The van der Waals surface area contributed by atoms with Gasteiger partial charge in [-0.3, -0.25) is 24.5 Å². The van der Waals surface area contributed by atoms with Gasteiger partial charge in [-0.15, -0.1) is 0 Å². The van der Waals surface area contributed by atoms with E-state index in [0.29, 0.717) is 5.56 Å². The third kappa shape index (κ3) is 7.28. The fraction of sp³-hybridized carbons (Fsp3) is 0.217. The molecule has 3 rings (SSSR count). The number of H-pyrrole nitrogens is 1. The van der Waals surface area contributed by atoms with E-state index in [1.54, 1.807) is 6.20 Å². The van der Waals surface area contributed by atoms with Crippen molar-refractivity contribution >= 4 is 40.5 Å². The van der Waals surface area contributed by atoms with Gasteiger partial charge in [0.2, 0.25) is 11.8 Å². The molecule has 0 saturated carbocycles. The molecule has 0 aliphatic rings. The fourth-order valence-corrected chi connectivity index (χ4v) is 3.33. The van der Waals surface area contributed by atoms with Crippen LogP contribution < -0.4 is 16.0 Å². The standard InChI is InChI=1S/C23H23N5O8/c29-20(11-26-23(33)36-13-14-5-7-16(8-6-14)28(34)35)27-19(22(32)25-12-21(30)31)9-15-10-24-18-4-2-1-3-17(15)18/h1-8,10,19,24H,9,11-13H2,(H,25,32)(H,26,33)(H,27,29)(H,30,31)/t19-/m0/s1. The lowest BCUT2D eigenvalue weighted by Crippen LogP contribution is -2.51. The van der Waals surface area contributed by atoms with Crippen molar-refractivity contribution in [1.29, 1.82) is 0 Å². The molecule has 2 aromatic carbocycles. The van der Waals surface area contributed by atoms with E-state index in [2.05, 4.69) is 20.9 Å². The maximum absolute atomic E-state index is 12.6. The molecule has 36 heavy (non-hydrogen) atoms. The van der Waals surface area contributed by atoms with Gasteiger partial charge >= 0.3 is 12.1 Å². The molecule has 13 heteroatoms. The van der Waals surface area contributed by atoms with Gasteiger partial charge in [-0.25, -0.2) is 4.79 Å². The van der Waals surface area contributed by atoms with Gasteiger partial charge in [0.05, 0.1) is 4.92 Å². The SMILES string of the molecule is O=C(O)CNC(=O)[C@H](Cc1c[nH]c2ccccc12)NC(=O)CNC(=O)OCc1ccc([N+](=O)[O-])cc1. The number of nitro groups is 1. The Hall–Kier alpha value is -4.94. The summed E-state index contributed by atoms with van der Waals surface area (Å²) in [5.41, 5.74) is 1.97. The predicted octanol–water partition coefficient (Wildman–Crippen LogP) is 1.23. The number of amides is 3. The summed E-state index contributed by atoms with van der Waals surface area (Å²) in [5, 5.41) is 27.4. The number of aromatic amines is 1. The van der Waals surface area contributed by atoms with E-state index in [4.69, 9.17) is 9.84 Å². The van der Waals surface area contributed by atoms with Gasteiger partial charge in [0.1, 0.15) is 25.7 Å². The fourth-order valence-electron chi connectivity index (χ4n) is 3.33. The van der Waals surface area contributed by atoms with Gasteiger partial charge in [-0.1, -0.05) is 18.2 Å². The number of rotatable bonds is 11. The molecule has 0 fully saturated rings. The summed E-state index contributed by atoms with van der Waals surface area (Å²) >= 11 is 0. The van der Waals surface area contributed by atoms with Crippen LogP contribution in [-0.4, -0.2) is 58.0 Å². The molecule has 0 saturated heterocycles. The number of para-hydroxylation sites is 1. The Morgan fingerprint density at radius 1 is 1.03 bits per heavy atom. The molecule has 13 nitrogen and oxygen atoms in total. The van der Waals surface area contributed by atoms with Crippen LogP contribution in [-0.2, 0) is 32.1 Å². The summed E-state index contributed by atoms with van der Waals surface area (Å²) in [4.78, 5) is 60.9. The van der Waals surface area contributed by atoms with Crippen molar-refractivity contribution in [3.63, 3.8) is 0 Å². The lowest BCUT2D eigenvalue weighted by Gasteiger charge is -2.18. The summed E-state index contributed by atoms with van der Waals surface area (Å²) in [7, 11) is 0. The minimum Gasteiger partial charge on any atom is -0.480 e. The number of non-ortho nitro benzene ring substituents is 1. The molecule has 1 aromatic heterocycles. The van der Waals surface area contributed by atoms with Crippen LogP contribution >= 0.6 is 0 Å². The molecule has 0 bridgehead atoms. The molecule has 188 valence electrons. The Labute approximate surface area is 204 Å². The zero-order chi connectivity index (χ0) is 26.1. The molecule has 0 aliphatic heterocycles. The van der Waals surface area contributed by atoms with Crippen LogP contribution in [0.2, 0.25) is 0 Å². The van der Waals surface area contributed by atoms with Crippen molar-refractivity contribution in [3.05, 3.63) is 76.0 Å². The first kappa shape index (κ1) is 25.7. The second-order valence-corrected chi connectivity index (χ2v) is 7.65. The third-order valence-electron chi connectivity index (χ3n) is 5.07. The van der Waals surface area contributed by atoms with Gasteiger partial charge in [-0.05, 0) is 29.3 Å². The van der Waals surface area contributed by atoms with Gasteiger partial charge in [-0.2, -0.15) is 0 Å². The highest BCUT2D eigenvalue weighted by Crippen LogP contribution is 2.19. The van der Waals surface area contributed by atoms with E-state index >= 15 is 0 Å².